The number of carboxylic acid groups (broad SMARTS) is 2. The summed E-state index contributed by atoms with van der Waals surface area (Å²) in [4.78, 5) is 70.8. The van der Waals surface area contributed by atoms with Crippen molar-refractivity contribution in [1.82, 2.24) is 16.0 Å². The molecule has 0 aromatic rings. The molecular formula is C18H31N5O8S. The highest BCUT2D eigenvalue weighted by Crippen LogP contribution is 2.07. The predicted octanol–water partition coefficient (Wildman–Crippen LogP) is -2.39. The lowest BCUT2D eigenvalue weighted by molar-refractivity contribution is -0.144. The molecule has 0 aliphatic carbocycles. The molecule has 4 unspecified atom stereocenters. The van der Waals surface area contributed by atoms with Crippen LogP contribution in [-0.2, 0) is 28.8 Å². The van der Waals surface area contributed by atoms with Crippen LogP contribution in [0.15, 0.2) is 0 Å². The smallest absolute Gasteiger partial charge is 0.326 e. The first-order valence-electron chi connectivity index (χ1n) is 9.68. The van der Waals surface area contributed by atoms with Gasteiger partial charge in [0.2, 0.25) is 23.6 Å². The minimum atomic E-state index is -1.59. The largest absolute Gasteiger partial charge is 0.481 e. The Kier molecular flexibility index (Phi) is 13.0. The molecular weight excluding hydrogens is 446 g/mol. The highest BCUT2D eigenvalue weighted by atomic mass is 32.2. The molecule has 32 heavy (non-hydrogen) atoms. The fourth-order valence-electron chi connectivity index (χ4n) is 2.52. The van der Waals surface area contributed by atoms with Gasteiger partial charge in [-0.3, -0.25) is 24.0 Å². The zero-order chi connectivity index (χ0) is 25.0. The van der Waals surface area contributed by atoms with Crippen LogP contribution in [0.3, 0.4) is 0 Å². The van der Waals surface area contributed by atoms with Crippen molar-refractivity contribution in [1.29, 1.82) is 0 Å². The van der Waals surface area contributed by atoms with Crippen molar-refractivity contribution in [3.8, 4) is 0 Å². The van der Waals surface area contributed by atoms with E-state index in [2.05, 4.69) is 16.0 Å². The van der Waals surface area contributed by atoms with E-state index < -0.39 is 78.5 Å². The van der Waals surface area contributed by atoms with Crippen LogP contribution in [0.25, 0.3) is 0 Å². The Balaban J connectivity index is 5.48. The normalized spacial score (nSPS) is 14.5. The van der Waals surface area contributed by atoms with E-state index in [0.29, 0.717) is 5.75 Å². The second-order valence-corrected chi connectivity index (χ2v) is 8.33. The maximum Gasteiger partial charge on any atom is 0.326 e. The second-order valence-electron chi connectivity index (χ2n) is 7.35. The molecule has 0 aromatic carbocycles. The molecule has 182 valence electrons. The third-order valence-electron chi connectivity index (χ3n) is 4.24. The summed E-state index contributed by atoms with van der Waals surface area (Å²) in [7, 11) is 0. The molecule has 0 spiro atoms. The second kappa shape index (κ2) is 14.2. The monoisotopic (exact) mass is 477 g/mol. The van der Waals surface area contributed by atoms with Crippen LogP contribution >= 0.6 is 11.8 Å². The van der Waals surface area contributed by atoms with Crippen LogP contribution in [0.2, 0.25) is 0 Å². The summed E-state index contributed by atoms with van der Waals surface area (Å²) in [6.45, 7) is 3.20. The minimum absolute atomic E-state index is 0.123. The van der Waals surface area contributed by atoms with Crippen LogP contribution in [0.4, 0.5) is 0 Å². The van der Waals surface area contributed by atoms with Gasteiger partial charge >= 0.3 is 11.9 Å². The van der Waals surface area contributed by atoms with Crippen molar-refractivity contribution < 1.29 is 39.0 Å². The molecule has 4 amide bonds. The predicted molar refractivity (Wildman–Crippen MR) is 115 cm³/mol. The number of rotatable bonds is 15. The van der Waals surface area contributed by atoms with Gasteiger partial charge in [0.25, 0.3) is 0 Å². The van der Waals surface area contributed by atoms with Gasteiger partial charge in [-0.05, 0) is 24.3 Å². The quantitative estimate of drug-likeness (QED) is 0.132. The van der Waals surface area contributed by atoms with E-state index >= 15 is 0 Å². The van der Waals surface area contributed by atoms with E-state index in [1.807, 2.05) is 0 Å². The van der Waals surface area contributed by atoms with Gasteiger partial charge in [0.1, 0.15) is 18.1 Å². The SMILES string of the molecule is CSCCC(NC(=O)C(CC(=O)O)NC(=O)C(N)CC(N)=O)C(=O)NC(C(=O)O)C(C)C. The van der Waals surface area contributed by atoms with Crippen molar-refractivity contribution in [2.75, 3.05) is 12.0 Å². The van der Waals surface area contributed by atoms with Gasteiger partial charge < -0.3 is 37.6 Å². The lowest BCUT2D eigenvalue weighted by Crippen LogP contribution is -2.58. The summed E-state index contributed by atoms with van der Waals surface area (Å²) in [6.07, 6.45) is 0.551. The zero-order valence-electron chi connectivity index (χ0n) is 18.1. The van der Waals surface area contributed by atoms with Gasteiger partial charge in [-0.2, -0.15) is 11.8 Å². The summed E-state index contributed by atoms with van der Waals surface area (Å²) in [6, 6.07) is -5.36. The maximum atomic E-state index is 12.7. The van der Waals surface area contributed by atoms with Gasteiger partial charge in [0.05, 0.1) is 18.9 Å². The number of primary amides is 1. The number of carboxylic acids is 2. The standard InChI is InChI=1S/C18H31N5O8S/c1-8(2)14(18(30)31)23-16(28)10(4-5-32-3)21-17(29)11(7-13(25)26)22-15(27)9(19)6-12(20)24/h8-11,14H,4-7,19H2,1-3H3,(H2,20,24)(H,21,29)(H,22,27)(H,23,28)(H,25,26)(H,30,31). The van der Waals surface area contributed by atoms with E-state index in [1.54, 1.807) is 20.1 Å². The Morgan fingerprint density at radius 3 is 1.84 bits per heavy atom. The van der Waals surface area contributed by atoms with Crippen molar-refractivity contribution in [3.63, 3.8) is 0 Å². The molecule has 0 saturated carbocycles. The first-order valence-corrected chi connectivity index (χ1v) is 11.1. The highest BCUT2D eigenvalue weighted by Gasteiger charge is 2.32. The number of carbonyl (C=O) groups is 6. The van der Waals surface area contributed by atoms with Gasteiger partial charge in [-0.1, -0.05) is 13.8 Å². The summed E-state index contributed by atoms with van der Waals surface area (Å²) in [5.74, 6) is -6.24. The molecule has 0 rings (SSSR count). The van der Waals surface area contributed by atoms with E-state index in [1.165, 1.54) is 11.8 Å². The van der Waals surface area contributed by atoms with Crippen LogP contribution < -0.4 is 27.4 Å². The number of hydrogen-bond donors (Lipinski definition) is 7. The van der Waals surface area contributed by atoms with Crippen molar-refractivity contribution >= 4 is 47.3 Å². The summed E-state index contributed by atoms with van der Waals surface area (Å²) in [5.41, 5.74) is 10.5. The fourth-order valence-corrected chi connectivity index (χ4v) is 2.99. The Hall–Kier alpha value is -2.87. The van der Waals surface area contributed by atoms with Gasteiger partial charge in [0.15, 0.2) is 0 Å². The Morgan fingerprint density at radius 1 is 0.875 bits per heavy atom. The van der Waals surface area contributed by atoms with E-state index in [0.717, 1.165) is 0 Å². The number of carbonyl (C=O) groups excluding carboxylic acids is 4. The Morgan fingerprint density at radius 2 is 1.41 bits per heavy atom. The average Bonchev–Trinajstić information content (AvgIpc) is 2.66. The van der Waals surface area contributed by atoms with Gasteiger partial charge in [0, 0.05) is 0 Å². The molecule has 14 heteroatoms. The third-order valence-corrected chi connectivity index (χ3v) is 4.89. The van der Waals surface area contributed by atoms with Crippen molar-refractivity contribution in [2.45, 2.75) is 57.3 Å². The number of nitrogens with one attached hydrogen (secondary N) is 3. The number of amides is 4. The maximum absolute atomic E-state index is 12.7. The molecule has 13 nitrogen and oxygen atoms in total. The van der Waals surface area contributed by atoms with Crippen LogP contribution in [-0.4, -0.2) is 82.0 Å². The summed E-state index contributed by atoms with van der Waals surface area (Å²) >= 11 is 1.37. The Labute approximate surface area is 189 Å². The molecule has 0 fully saturated rings. The molecule has 0 bridgehead atoms. The highest BCUT2D eigenvalue weighted by molar-refractivity contribution is 7.98. The minimum Gasteiger partial charge on any atom is -0.481 e. The number of thioether (sulfide) groups is 1. The molecule has 0 aliphatic rings. The Bertz CT molecular complexity index is 717. The number of aliphatic carboxylic acids is 2. The number of hydrogen-bond acceptors (Lipinski definition) is 8. The van der Waals surface area contributed by atoms with Crippen LogP contribution in [0, 0.1) is 5.92 Å². The van der Waals surface area contributed by atoms with Crippen molar-refractivity contribution in [3.05, 3.63) is 0 Å². The third kappa shape index (κ3) is 10.9. The molecule has 0 saturated heterocycles. The fraction of sp³-hybridized carbons (Fsp3) is 0.667. The molecule has 0 heterocycles. The molecule has 9 N–H and O–H groups in total. The van der Waals surface area contributed by atoms with Crippen LogP contribution in [0.5, 0.6) is 0 Å². The topological polar surface area (TPSA) is 231 Å². The lowest BCUT2D eigenvalue weighted by atomic mass is 10.0. The first-order chi connectivity index (χ1) is 14.8. The number of nitrogens with two attached hydrogens (primary N) is 2. The summed E-state index contributed by atoms with van der Waals surface area (Å²) < 4.78 is 0. The van der Waals surface area contributed by atoms with Crippen LogP contribution in [0.1, 0.15) is 33.1 Å². The molecule has 0 radical (unpaired) electrons. The van der Waals surface area contributed by atoms with E-state index in [9.17, 15) is 33.9 Å². The van der Waals surface area contributed by atoms with Gasteiger partial charge in [-0.25, -0.2) is 4.79 Å². The molecule has 0 aromatic heterocycles. The van der Waals surface area contributed by atoms with E-state index in [-0.39, 0.29) is 6.42 Å². The summed E-state index contributed by atoms with van der Waals surface area (Å²) in [5, 5.41) is 25.2. The van der Waals surface area contributed by atoms with E-state index in [4.69, 9.17) is 16.6 Å². The van der Waals surface area contributed by atoms with Gasteiger partial charge in [-0.15, -0.1) is 0 Å². The molecule has 4 atom stereocenters. The van der Waals surface area contributed by atoms with Crippen molar-refractivity contribution in [2.24, 2.45) is 17.4 Å². The molecule has 0 aliphatic heterocycles. The zero-order valence-corrected chi connectivity index (χ0v) is 18.9. The average molecular weight is 478 g/mol. The first kappa shape index (κ1) is 29.1. The lowest BCUT2D eigenvalue weighted by Gasteiger charge is -2.25.